The Hall–Kier alpha value is -1.03. The standard InChI is InChI=1S/C7H9ClN4/c1-11-4-12(2)7-5(11)6(8)9-3-10-7/h3H,4H2,1-2H3. The van der Waals surface area contributed by atoms with Crippen molar-refractivity contribution in [3.63, 3.8) is 0 Å². The highest BCUT2D eigenvalue weighted by Crippen LogP contribution is 2.35. The minimum Gasteiger partial charge on any atom is -0.351 e. The third-order valence-electron chi connectivity index (χ3n) is 1.93. The van der Waals surface area contributed by atoms with E-state index in [1.165, 1.54) is 6.33 Å². The SMILES string of the molecule is CN1CN(C)c2c(Cl)ncnc21. The van der Waals surface area contributed by atoms with Crippen molar-refractivity contribution in [3.05, 3.63) is 11.5 Å². The maximum atomic E-state index is 5.91. The maximum absolute atomic E-state index is 5.91. The van der Waals surface area contributed by atoms with Gasteiger partial charge in [-0.05, 0) is 0 Å². The van der Waals surface area contributed by atoms with Crippen LogP contribution < -0.4 is 9.80 Å². The summed E-state index contributed by atoms with van der Waals surface area (Å²) in [6.07, 6.45) is 1.48. The highest BCUT2D eigenvalue weighted by Gasteiger charge is 2.24. The second kappa shape index (κ2) is 2.48. The Bertz CT molecular complexity index is 314. The maximum Gasteiger partial charge on any atom is 0.158 e. The molecule has 1 aliphatic rings. The predicted octanol–water partition coefficient (Wildman–Crippen LogP) is 0.973. The molecule has 0 saturated heterocycles. The quantitative estimate of drug-likeness (QED) is 0.563. The zero-order valence-electron chi connectivity index (χ0n) is 6.95. The number of rotatable bonds is 0. The normalized spacial score (nSPS) is 15.2. The molecule has 0 saturated carbocycles. The van der Waals surface area contributed by atoms with Crippen molar-refractivity contribution in [1.82, 2.24) is 9.97 Å². The molecule has 0 amide bonds. The Labute approximate surface area is 75.8 Å². The number of hydrogen-bond donors (Lipinski definition) is 0. The second-order valence-corrected chi connectivity index (χ2v) is 3.23. The number of aromatic nitrogens is 2. The number of anilines is 2. The first-order chi connectivity index (χ1) is 5.70. The Morgan fingerprint density at radius 3 is 2.75 bits per heavy atom. The van der Waals surface area contributed by atoms with Gasteiger partial charge in [0, 0.05) is 14.1 Å². The van der Waals surface area contributed by atoms with Gasteiger partial charge in [0.2, 0.25) is 0 Å². The van der Waals surface area contributed by atoms with Crippen LogP contribution in [0.3, 0.4) is 0 Å². The van der Waals surface area contributed by atoms with Crippen molar-refractivity contribution in [2.75, 3.05) is 30.6 Å². The van der Waals surface area contributed by atoms with Crippen LogP contribution in [-0.4, -0.2) is 30.7 Å². The van der Waals surface area contributed by atoms with E-state index in [9.17, 15) is 0 Å². The monoisotopic (exact) mass is 184 g/mol. The van der Waals surface area contributed by atoms with E-state index in [0.29, 0.717) is 5.15 Å². The molecule has 0 aromatic carbocycles. The molecular formula is C7H9ClN4. The molecule has 0 radical (unpaired) electrons. The molecule has 1 aliphatic heterocycles. The van der Waals surface area contributed by atoms with Gasteiger partial charge in [0.1, 0.15) is 12.0 Å². The molecule has 2 rings (SSSR count). The molecule has 0 fully saturated rings. The van der Waals surface area contributed by atoms with Crippen molar-refractivity contribution in [2.45, 2.75) is 0 Å². The van der Waals surface area contributed by atoms with E-state index < -0.39 is 0 Å². The Morgan fingerprint density at radius 2 is 2.08 bits per heavy atom. The largest absolute Gasteiger partial charge is 0.351 e. The minimum absolute atomic E-state index is 0.520. The zero-order valence-corrected chi connectivity index (χ0v) is 7.71. The van der Waals surface area contributed by atoms with Gasteiger partial charge >= 0.3 is 0 Å². The first-order valence-electron chi connectivity index (χ1n) is 3.63. The number of halogens is 1. The smallest absolute Gasteiger partial charge is 0.158 e. The average Bonchev–Trinajstić information content (AvgIpc) is 2.29. The van der Waals surface area contributed by atoms with Gasteiger partial charge in [-0.3, -0.25) is 0 Å². The van der Waals surface area contributed by atoms with E-state index in [2.05, 4.69) is 9.97 Å². The third-order valence-corrected chi connectivity index (χ3v) is 2.20. The van der Waals surface area contributed by atoms with Gasteiger partial charge in [0.15, 0.2) is 11.0 Å². The summed E-state index contributed by atoms with van der Waals surface area (Å²) in [5.74, 6) is 0.900. The molecule has 0 atom stereocenters. The summed E-state index contributed by atoms with van der Waals surface area (Å²) in [4.78, 5) is 12.1. The molecule has 0 spiro atoms. The van der Waals surface area contributed by atoms with Gasteiger partial charge in [-0.1, -0.05) is 11.6 Å². The predicted molar refractivity (Wildman–Crippen MR) is 48.7 cm³/mol. The van der Waals surface area contributed by atoms with Crippen molar-refractivity contribution >= 4 is 23.1 Å². The topological polar surface area (TPSA) is 32.3 Å². The fourth-order valence-corrected chi connectivity index (χ4v) is 1.68. The summed E-state index contributed by atoms with van der Waals surface area (Å²) in [5, 5.41) is 0.520. The van der Waals surface area contributed by atoms with Crippen LogP contribution >= 0.6 is 11.6 Å². The lowest BCUT2D eigenvalue weighted by Gasteiger charge is -2.11. The molecule has 1 aromatic rings. The van der Waals surface area contributed by atoms with Crippen molar-refractivity contribution < 1.29 is 0 Å². The fraction of sp³-hybridized carbons (Fsp3) is 0.429. The van der Waals surface area contributed by atoms with Crippen LogP contribution in [0, 0.1) is 0 Å². The summed E-state index contributed by atoms with van der Waals surface area (Å²) < 4.78 is 0. The van der Waals surface area contributed by atoms with Crippen LogP contribution in [0.25, 0.3) is 0 Å². The molecule has 2 heterocycles. The van der Waals surface area contributed by atoms with Crippen LogP contribution in [-0.2, 0) is 0 Å². The van der Waals surface area contributed by atoms with Crippen LogP contribution in [0.1, 0.15) is 0 Å². The zero-order chi connectivity index (χ0) is 8.72. The molecule has 0 N–H and O–H groups in total. The molecule has 64 valence electrons. The summed E-state index contributed by atoms with van der Waals surface area (Å²) >= 11 is 5.91. The van der Waals surface area contributed by atoms with Gasteiger partial charge in [0.05, 0.1) is 6.67 Å². The van der Waals surface area contributed by atoms with Crippen LogP contribution in [0.4, 0.5) is 11.5 Å². The summed E-state index contributed by atoms with van der Waals surface area (Å²) in [5.41, 5.74) is 0.918. The number of hydrogen-bond acceptors (Lipinski definition) is 4. The van der Waals surface area contributed by atoms with E-state index in [1.807, 2.05) is 23.9 Å². The van der Waals surface area contributed by atoms with Crippen molar-refractivity contribution in [3.8, 4) is 0 Å². The highest BCUT2D eigenvalue weighted by molar-refractivity contribution is 6.32. The van der Waals surface area contributed by atoms with Gasteiger partial charge in [0.25, 0.3) is 0 Å². The minimum atomic E-state index is 0.520. The van der Waals surface area contributed by atoms with E-state index in [0.717, 1.165) is 18.2 Å². The molecule has 0 bridgehead atoms. The van der Waals surface area contributed by atoms with Gasteiger partial charge in [-0.25, -0.2) is 9.97 Å². The lowest BCUT2D eigenvalue weighted by Crippen LogP contribution is -2.24. The summed E-state index contributed by atoms with van der Waals surface area (Å²) in [6, 6.07) is 0. The molecule has 0 aliphatic carbocycles. The highest BCUT2D eigenvalue weighted by atomic mass is 35.5. The first-order valence-corrected chi connectivity index (χ1v) is 4.00. The molecular weight excluding hydrogens is 176 g/mol. The van der Waals surface area contributed by atoms with Crippen molar-refractivity contribution in [1.29, 1.82) is 0 Å². The lowest BCUT2D eigenvalue weighted by molar-refractivity contribution is 0.908. The molecule has 4 nitrogen and oxygen atoms in total. The summed E-state index contributed by atoms with van der Waals surface area (Å²) in [7, 11) is 3.95. The number of fused-ring (bicyclic) bond motifs is 1. The van der Waals surface area contributed by atoms with Crippen molar-refractivity contribution in [2.24, 2.45) is 0 Å². The Balaban J connectivity index is 2.59. The Kier molecular flexibility index (Phi) is 1.58. The van der Waals surface area contributed by atoms with E-state index in [1.54, 1.807) is 0 Å². The van der Waals surface area contributed by atoms with E-state index >= 15 is 0 Å². The van der Waals surface area contributed by atoms with Gasteiger partial charge < -0.3 is 9.80 Å². The molecule has 1 aromatic heterocycles. The molecule has 5 heteroatoms. The third kappa shape index (κ3) is 0.914. The molecule has 0 unspecified atom stereocenters. The average molecular weight is 185 g/mol. The van der Waals surface area contributed by atoms with E-state index in [4.69, 9.17) is 11.6 Å². The van der Waals surface area contributed by atoms with Gasteiger partial charge in [-0.2, -0.15) is 0 Å². The van der Waals surface area contributed by atoms with Crippen LogP contribution in [0.5, 0.6) is 0 Å². The first kappa shape index (κ1) is 7.61. The number of nitrogens with zero attached hydrogens (tertiary/aromatic N) is 4. The van der Waals surface area contributed by atoms with E-state index in [-0.39, 0.29) is 0 Å². The lowest BCUT2D eigenvalue weighted by atomic mass is 10.5. The summed E-state index contributed by atoms with van der Waals surface area (Å²) in [6.45, 7) is 0.813. The Morgan fingerprint density at radius 1 is 1.33 bits per heavy atom. The second-order valence-electron chi connectivity index (χ2n) is 2.87. The molecule has 12 heavy (non-hydrogen) atoms. The van der Waals surface area contributed by atoms with Crippen LogP contribution in [0.15, 0.2) is 6.33 Å². The van der Waals surface area contributed by atoms with Crippen LogP contribution in [0.2, 0.25) is 5.15 Å². The van der Waals surface area contributed by atoms with Gasteiger partial charge in [-0.15, -0.1) is 0 Å². The fourth-order valence-electron chi connectivity index (χ4n) is 1.41.